The lowest BCUT2D eigenvalue weighted by Gasteiger charge is -2.21. The number of ether oxygens (including phenoxy) is 2. The van der Waals surface area contributed by atoms with Crippen LogP contribution in [0, 0.1) is 10.7 Å². The Kier molecular flexibility index (Phi) is 4.08. The smallest absolute Gasteiger partial charge is 0.222 e. The first-order valence-electron chi connectivity index (χ1n) is 8.32. The van der Waals surface area contributed by atoms with Gasteiger partial charge in [0.05, 0.1) is 18.7 Å². The van der Waals surface area contributed by atoms with Gasteiger partial charge in [0.2, 0.25) is 5.88 Å². The molecule has 0 spiro atoms. The van der Waals surface area contributed by atoms with Crippen molar-refractivity contribution in [3.63, 3.8) is 0 Å². The molecule has 0 unspecified atom stereocenters. The number of hydrogen-bond acceptors (Lipinski definition) is 5. The largest absolute Gasteiger partial charge is 0.493 e. The van der Waals surface area contributed by atoms with Crippen molar-refractivity contribution in [1.82, 2.24) is 4.57 Å². The number of halogens is 1. The summed E-state index contributed by atoms with van der Waals surface area (Å²) < 4.78 is 26.3. The van der Waals surface area contributed by atoms with Crippen LogP contribution in [-0.2, 0) is 24.3 Å². The average molecular weight is 356 g/mol. The van der Waals surface area contributed by atoms with Crippen molar-refractivity contribution in [3.8, 4) is 11.6 Å². The normalized spacial score (nSPS) is 13.5. The van der Waals surface area contributed by atoms with Crippen LogP contribution in [-0.4, -0.2) is 16.5 Å². The molecule has 1 aliphatic heterocycles. The third kappa shape index (κ3) is 2.52. The molecule has 3 aromatic rings. The van der Waals surface area contributed by atoms with Gasteiger partial charge in [-0.2, -0.15) is 0 Å². The lowest BCUT2D eigenvalue weighted by atomic mass is 10.1. The van der Waals surface area contributed by atoms with Gasteiger partial charge in [-0.25, -0.2) is 4.39 Å². The Morgan fingerprint density at radius 3 is 2.92 bits per heavy atom. The van der Waals surface area contributed by atoms with Crippen LogP contribution in [0.4, 0.5) is 10.1 Å². The number of aromatic nitrogens is 1. The van der Waals surface area contributed by atoms with E-state index in [9.17, 15) is 14.4 Å². The third-order valence-electron chi connectivity index (χ3n) is 4.68. The molecule has 6 nitrogen and oxygen atoms in total. The number of aryl methyl sites for hydroxylation is 1. The lowest BCUT2D eigenvalue weighted by Crippen LogP contribution is -2.14. The fraction of sp³-hybridized carbons (Fsp3) is 0.263. The van der Waals surface area contributed by atoms with E-state index < -0.39 is 5.82 Å². The summed E-state index contributed by atoms with van der Waals surface area (Å²) in [6.45, 7) is 2.46. The molecule has 134 valence electrons. The molecule has 0 bridgehead atoms. The van der Waals surface area contributed by atoms with Crippen LogP contribution in [0.2, 0.25) is 0 Å². The van der Waals surface area contributed by atoms with Gasteiger partial charge in [-0.3, -0.25) is 0 Å². The van der Waals surface area contributed by atoms with Crippen molar-refractivity contribution < 1.29 is 19.0 Å². The average Bonchev–Trinajstić information content (AvgIpc) is 2.93. The maximum Gasteiger partial charge on any atom is 0.222 e. The van der Waals surface area contributed by atoms with Crippen LogP contribution in [0.1, 0.15) is 23.6 Å². The fourth-order valence-electron chi connectivity index (χ4n) is 3.52. The number of hydrogen-bond donors (Lipinski definition) is 1. The number of benzene rings is 2. The molecule has 0 aliphatic carbocycles. The van der Waals surface area contributed by atoms with E-state index in [1.165, 1.54) is 12.1 Å². The monoisotopic (exact) mass is 356 g/mol. The summed E-state index contributed by atoms with van der Waals surface area (Å²) in [7, 11) is 0. The van der Waals surface area contributed by atoms with Gasteiger partial charge >= 0.3 is 0 Å². The number of nitrogens with zero attached hydrogens (tertiary/aromatic N) is 2. The standard InChI is InChI=1S/C19H17FN2O4/c1-2-11-4-3-5-15-16(11)17(21-24)19(23)22(15)8-12-6-14(20)7-13-9-25-10-26-18(12)13/h3-7,23H,2,8-10H2,1H3. The van der Waals surface area contributed by atoms with Gasteiger partial charge in [-0.1, -0.05) is 19.1 Å². The summed E-state index contributed by atoms with van der Waals surface area (Å²) >= 11 is 0. The summed E-state index contributed by atoms with van der Waals surface area (Å²) in [4.78, 5) is 11.3. The highest BCUT2D eigenvalue weighted by atomic mass is 19.1. The highest BCUT2D eigenvalue weighted by Crippen LogP contribution is 2.42. The second-order valence-corrected chi connectivity index (χ2v) is 6.18. The Morgan fingerprint density at radius 1 is 1.31 bits per heavy atom. The molecule has 4 rings (SSSR count). The molecule has 0 saturated carbocycles. The van der Waals surface area contributed by atoms with Crippen LogP contribution < -0.4 is 4.74 Å². The van der Waals surface area contributed by atoms with Crippen LogP contribution in [0.3, 0.4) is 0 Å². The van der Waals surface area contributed by atoms with Gasteiger partial charge in [0.15, 0.2) is 12.5 Å². The zero-order valence-corrected chi connectivity index (χ0v) is 14.2. The van der Waals surface area contributed by atoms with Gasteiger partial charge in [0.25, 0.3) is 0 Å². The molecule has 1 N–H and O–H groups in total. The molecular formula is C19H17FN2O4. The summed E-state index contributed by atoms with van der Waals surface area (Å²) in [5, 5.41) is 14.2. The van der Waals surface area contributed by atoms with Gasteiger partial charge in [0, 0.05) is 16.5 Å². The van der Waals surface area contributed by atoms with E-state index in [2.05, 4.69) is 5.18 Å². The molecule has 0 amide bonds. The van der Waals surface area contributed by atoms with Crippen molar-refractivity contribution in [3.05, 3.63) is 57.7 Å². The molecule has 2 heterocycles. The van der Waals surface area contributed by atoms with E-state index in [4.69, 9.17) is 9.47 Å². The second-order valence-electron chi connectivity index (χ2n) is 6.18. The summed E-state index contributed by atoms with van der Waals surface area (Å²) in [6, 6.07) is 8.30. The Labute approximate surface area is 148 Å². The molecular weight excluding hydrogens is 339 g/mol. The first-order chi connectivity index (χ1) is 12.6. The van der Waals surface area contributed by atoms with Gasteiger partial charge < -0.3 is 19.1 Å². The first kappa shape index (κ1) is 16.5. The number of fused-ring (bicyclic) bond motifs is 2. The van der Waals surface area contributed by atoms with Gasteiger partial charge in [-0.05, 0) is 35.4 Å². The quantitative estimate of drug-likeness (QED) is 0.705. The third-order valence-corrected chi connectivity index (χ3v) is 4.68. The molecule has 2 aromatic carbocycles. The van der Waals surface area contributed by atoms with Crippen LogP contribution in [0.25, 0.3) is 10.9 Å². The molecule has 1 aliphatic rings. The lowest BCUT2D eigenvalue weighted by molar-refractivity contribution is -0.0173. The van der Waals surface area contributed by atoms with Crippen LogP contribution in [0.5, 0.6) is 11.6 Å². The molecule has 0 fully saturated rings. The number of nitroso groups, excluding NO2 is 1. The molecule has 7 heteroatoms. The summed E-state index contributed by atoms with van der Waals surface area (Å²) in [5.41, 5.74) is 2.77. The predicted octanol–water partition coefficient (Wildman–Crippen LogP) is 4.36. The van der Waals surface area contributed by atoms with Crippen molar-refractivity contribution in [1.29, 1.82) is 0 Å². The highest BCUT2D eigenvalue weighted by Gasteiger charge is 2.23. The Morgan fingerprint density at radius 2 is 2.15 bits per heavy atom. The van der Waals surface area contributed by atoms with E-state index in [1.54, 1.807) is 10.6 Å². The minimum absolute atomic E-state index is 0.00646. The SMILES string of the molecule is CCc1cccc2c1c(N=O)c(O)n2Cc1cc(F)cc2c1OCOC2. The molecule has 0 atom stereocenters. The zero-order chi connectivity index (χ0) is 18.3. The molecule has 1 aromatic heterocycles. The predicted molar refractivity (Wildman–Crippen MR) is 94.2 cm³/mol. The van der Waals surface area contributed by atoms with E-state index in [0.717, 1.165) is 5.56 Å². The van der Waals surface area contributed by atoms with Crippen molar-refractivity contribution in [2.75, 3.05) is 6.79 Å². The molecule has 26 heavy (non-hydrogen) atoms. The van der Waals surface area contributed by atoms with Crippen LogP contribution in [0.15, 0.2) is 35.5 Å². The summed E-state index contributed by atoms with van der Waals surface area (Å²) in [6.07, 6.45) is 0.694. The van der Waals surface area contributed by atoms with E-state index in [-0.39, 0.29) is 31.5 Å². The minimum Gasteiger partial charge on any atom is -0.493 e. The van der Waals surface area contributed by atoms with Gasteiger partial charge in [-0.15, -0.1) is 4.91 Å². The second kappa shape index (κ2) is 6.42. The van der Waals surface area contributed by atoms with Gasteiger partial charge in [0.1, 0.15) is 11.6 Å². The Hall–Kier alpha value is -2.93. The molecule has 0 saturated heterocycles. The van der Waals surface area contributed by atoms with E-state index in [1.807, 2.05) is 19.1 Å². The topological polar surface area (TPSA) is 73.0 Å². The van der Waals surface area contributed by atoms with Crippen LogP contribution >= 0.6 is 0 Å². The zero-order valence-electron chi connectivity index (χ0n) is 14.2. The minimum atomic E-state index is -0.410. The van der Waals surface area contributed by atoms with E-state index in [0.29, 0.717) is 34.2 Å². The van der Waals surface area contributed by atoms with Crippen molar-refractivity contribution in [2.45, 2.75) is 26.5 Å². The maximum atomic E-state index is 14.0. The summed E-state index contributed by atoms with van der Waals surface area (Å²) in [5.74, 6) is -0.0982. The maximum absolute atomic E-state index is 14.0. The van der Waals surface area contributed by atoms with Crippen molar-refractivity contribution in [2.24, 2.45) is 5.18 Å². The molecule has 0 radical (unpaired) electrons. The fourth-order valence-corrected chi connectivity index (χ4v) is 3.52. The number of rotatable bonds is 4. The first-order valence-corrected chi connectivity index (χ1v) is 8.32. The Bertz CT molecular complexity index is 1010. The van der Waals surface area contributed by atoms with E-state index >= 15 is 0 Å². The highest BCUT2D eigenvalue weighted by molar-refractivity contribution is 5.97. The van der Waals surface area contributed by atoms with Crippen molar-refractivity contribution >= 4 is 16.6 Å². The number of aromatic hydroxyl groups is 1. The Balaban J connectivity index is 1.91.